The third-order valence-electron chi connectivity index (χ3n) is 7.90. The molecule has 0 unspecified atom stereocenters. The van der Waals surface area contributed by atoms with Crippen LogP contribution in [-0.4, -0.2) is 41.7 Å². The highest BCUT2D eigenvalue weighted by atomic mass is 16.5. The van der Waals surface area contributed by atoms with Crippen LogP contribution in [-0.2, 0) is 22.6 Å². The van der Waals surface area contributed by atoms with E-state index in [4.69, 9.17) is 14.6 Å². The van der Waals surface area contributed by atoms with E-state index in [2.05, 4.69) is 11.5 Å². The number of carboxylic acids is 1. The first-order chi connectivity index (χ1) is 18.8. The Morgan fingerprint density at radius 1 is 1.03 bits per heavy atom. The van der Waals surface area contributed by atoms with Crippen molar-refractivity contribution >= 4 is 17.5 Å². The van der Waals surface area contributed by atoms with Crippen molar-refractivity contribution in [2.24, 2.45) is 0 Å². The number of carbonyl (C=O) groups is 3. The zero-order chi connectivity index (χ0) is 27.7. The topological polar surface area (TPSA) is 93.1 Å². The summed E-state index contributed by atoms with van der Waals surface area (Å²) in [7, 11) is 3.56. The zero-order valence-electron chi connectivity index (χ0n) is 22.4. The summed E-state index contributed by atoms with van der Waals surface area (Å²) < 4.78 is 12.0. The van der Waals surface area contributed by atoms with E-state index in [1.807, 2.05) is 19.2 Å². The molecular weight excluding hydrogens is 494 g/mol. The van der Waals surface area contributed by atoms with Crippen LogP contribution < -0.4 is 9.47 Å². The number of aromatic carboxylic acids is 1. The maximum Gasteiger partial charge on any atom is 0.335 e. The van der Waals surface area contributed by atoms with Gasteiger partial charge in [0.05, 0.1) is 12.7 Å². The van der Waals surface area contributed by atoms with Gasteiger partial charge in [-0.1, -0.05) is 24.3 Å². The molecule has 7 heteroatoms. The molecule has 2 aromatic rings. The molecule has 2 aromatic carbocycles. The zero-order valence-corrected chi connectivity index (χ0v) is 22.4. The molecule has 1 N–H and O–H groups in total. The Balaban J connectivity index is 1.58. The second kappa shape index (κ2) is 10.9. The Hall–Kier alpha value is -4.13. The van der Waals surface area contributed by atoms with Crippen molar-refractivity contribution in [1.29, 1.82) is 0 Å². The monoisotopic (exact) mass is 527 g/mol. The van der Waals surface area contributed by atoms with E-state index in [1.54, 1.807) is 37.5 Å². The summed E-state index contributed by atoms with van der Waals surface area (Å²) in [6, 6.07) is 10.4. The molecule has 3 aliphatic rings. The van der Waals surface area contributed by atoms with E-state index < -0.39 is 11.9 Å². The number of Topliss-reactive ketones (excluding diaryl/α,β-unsaturated/α-hetero) is 2. The highest BCUT2D eigenvalue weighted by Crippen LogP contribution is 2.50. The Morgan fingerprint density at radius 2 is 1.64 bits per heavy atom. The van der Waals surface area contributed by atoms with Crippen LogP contribution in [0.1, 0.15) is 71.5 Å². The number of ketones is 2. The minimum atomic E-state index is -0.980. The van der Waals surface area contributed by atoms with Crippen LogP contribution >= 0.6 is 0 Å². The van der Waals surface area contributed by atoms with Gasteiger partial charge >= 0.3 is 5.97 Å². The van der Waals surface area contributed by atoms with Crippen LogP contribution in [0.15, 0.2) is 71.6 Å². The van der Waals surface area contributed by atoms with E-state index >= 15 is 0 Å². The minimum Gasteiger partial charge on any atom is -0.493 e. The molecule has 0 fully saturated rings. The van der Waals surface area contributed by atoms with Crippen LogP contribution in [0.2, 0.25) is 0 Å². The van der Waals surface area contributed by atoms with Gasteiger partial charge in [-0.3, -0.25) is 9.59 Å². The molecule has 2 aliphatic carbocycles. The van der Waals surface area contributed by atoms with Gasteiger partial charge in [-0.05, 0) is 61.4 Å². The van der Waals surface area contributed by atoms with Gasteiger partial charge in [0.1, 0.15) is 6.61 Å². The van der Waals surface area contributed by atoms with E-state index in [0.29, 0.717) is 30.8 Å². The molecule has 5 rings (SSSR count). The molecule has 0 radical (unpaired) electrons. The standard InChI is InChI=1S/C32H33NO6/c1-4-7-21-16-22(17-27(38-3)31(21)39-18-19-12-14-20(15-13-19)32(36)37)28-29-23(8-5-10-25(29)34)33(2)24-9-6-11-26(35)30(24)28/h4,12-17,28H,1,5-11,18H2,2-3H3,(H,36,37). The van der Waals surface area contributed by atoms with Crippen LogP contribution in [0.25, 0.3) is 0 Å². The predicted octanol–water partition coefficient (Wildman–Crippen LogP) is 5.74. The lowest BCUT2D eigenvalue weighted by atomic mass is 9.71. The lowest BCUT2D eigenvalue weighted by Gasteiger charge is -2.42. The van der Waals surface area contributed by atoms with Gasteiger partial charge in [-0.15, -0.1) is 6.58 Å². The van der Waals surface area contributed by atoms with Gasteiger partial charge < -0.3 is 19.5 Å². The number of methoxy groups -OCH3 is 1. The lowest BCUT2D eigenvalue weighted by Crippen LogP contribution is -2.37. The largest absolute Gasteiger partial charge is 0.493 e. The van der Waals surface area contributed by atoms with E-state index in [9.17, 15) is 14.4 Å². The third kappa shape index (κ3) is 4.89. The number of rotatable bonds is 8. The quantitative estimate of drug-likeness (QED) is 0.437. The van der Waals surface area contributed by atoms with Crippen LogP contribution in [0, 0.1) is 0 Å². The van der Waals surface area contributed by atoms with Gasteiger partial charge in [0.15, 0.2) is 23.1 Å². The molecule has 0 saturated carbocycles. The Kier molecular flexibility index (Phi) is 7.42. The molecule has 0 saturated heterocycles. The predicted molar refractivity (Wildman–Crippen MR) is 147 cm³/mol. The fourth-order valence-electron chi connectivity index (χ4n) is 6.06. The summed E-state index contributed by atoms with van der Waals surface area (Å²) in [5.74, 6) is -0.126. The Morgan fingerprint density at radius 3 is 2.18 bits per heavy atom. The number of nitrogens with zero attached hydrogens (tertiary/aromatic N) is 1. The van der Waals surface area contributed by atoms with E-state index in [1.165, 1.54) is 0 Å². The fourth-order valence-corrected chi connectivity index (χ4v) is 6.06. The molecule has 0 amide bonds. The summed E-state index contributed by atoms with van der Waals surface area (Å²) in [6.45, 7) is 4.14. The smallest absolute Gasteiger partial charge is 0.335 e. The number of hydrogen-bond acceptors (Lipinski definition) is 6. The first-order valence-corrected chi connectivity index (χ1v) is 13.4. The molecule has 7 nitrogen and oxygen atoms in total. The third-order valence-corrected chi connectivity index (χ3v) is 7.90. The Labute approximate surface area is 228 Å². The summed E-state index contributed by atoms with van der Waals surface area (Å²) in [5.41, 5.74) is 6.24. The first kappa shape index (κ1) is 26.5. The van der Waals surface area contributed by atoms with Gasteiger partial charge in [-0.2, -0.15) is 0 Å². The minimum absolute atomic E-state index is 0.104. The van der Waals surface area contributed by atoms with Crippen molar-refractivity contribution in [3.63, 3.8) is 0 Å². The molecule has 39 heavy (non-hydrogen) atoms. The molecule has 0 aromatic heterocycles. The first-order valence-electron chi connectivity index (χ1n) is 13.4. The number of ether oxygens (including phenoxy) is 2. The number of carbonyl (C=O) groups excluding carboxylic acids is 2. The maximum absolute atomic E-state index is 13.4. The summed E-state index contributed by atoms with van der Waals surface area (Å²) in [6.07, 6.45) is 6.53. The molecule has 1 aliphatic heterocycles. The summed E-state index contributed by atoms with van der Waals surface area (Å²) in [5, 5.41) is 9.16. The molecule has 202 valence electrons. The SMILES string of the molecule is C=CCc1cc(C2C3=C(CCCC3=O)N(C)C3=C2C(=O)CCC3)cc(OC)c1OCc1ccc(C(=O)O)cc1. The number of hydrogen-bond donors (Lipinski definition) is 1. The second-order valence-electron chi connectivity index (χ2n) is 10.3. The molecule has 0 atom stereocenters. The van der Waals surface area contributed by atoms with Crippen molar-refractivity contribution in [3.8, 4) is 11.5 Å². The van der Waals surface area contributed by atoms with Crippen molar-refractivity contribution in [3.05, 3.63) is 93.8 Å². The van der Waals surface area contributed by atoms with Crippen molar-refractivity contribution in [2.75, 3.05) is 14.2 Å². The highest BCUT2D eigenvalue weighted by Gasteiger charge is 2.42. The van der Waals surface area contributed by atoms with Crippen molar-refractivity contribution in [1.82, 2.24) is 4.90 Å². The van der Waals surface area contributed by atoms with E-state index in [-0.39, 0.29) is 23.7 Å². The van der Waals surface area contributed by atoms with Crippen LogP contribution in [0.5, 0.6) is 11.5 Å². The van der Waals surface area contributed by atoms with E-state index in [0.717, 1.165) is 64.9 Å². The number of benzene rings is 2. The van der Waals surface area contributed by atoms with Gasteiger partial charge in [0.25, 0.3) is 0 Å². The molecular formula is C32H33NO6. The summed E-state index contributed by atoms with van der Waals surface area (Å²) >= 11 is 0. The molecule has 0 bridgehead atoms. The summed E-state index contributed by atoms with van der Waals surface area (Å²) in [4.78, 5) is 40.0. The molecule has 0 spiro atoms. The average Bonchev–Trinajstić information content (AvgIpc) is 2.93. The van der Waals surface area contributed by atoms with Gasteiger partial charge in [-0.25, -0.2) is 4.79 Å². The van der Waals surface area contributed by atoms with Gasteiger partial charge in [0.2, 0.25) is 0 Å². The fraction of sp³-hybridized carbons (Fsp3) is 0.344. The molecule has 1 heterocycles. The van der Waals surface area contributed by atoms with Crippen LogP contribution in [0.4, 0.5) is 0 Å². The highest BCUT2D eigenvalue weighted by molar-refractivity contribution is 6.06. The van der Waals surface area contributed by atoms with Gasteiger partial charge in [0, 0.05) is 53.9 Å². The lowest BCUT2D eigenvalue weighted by molar-refractivity contribution is -0.117. The average molecular weight is 528 g/mol. The van der Waals surface area contributed by atoms with Crippen LogP contribution in [0.3, 0.4) is 0 Å². The number of carboxylic acid groups (broad SMARTS) is 1. The van der Waals surface area contributed by atoms with Crippen molar-refractivity contribution < 1.29 is 29.0 Å². The van der Waals surface area contributed by atoms with Crippen molar-refractivity contribution in [2.45, 2.75) is 57.5 Å². The maximum atomic E-state index is 13.4. The Bertz CT molecular complexity index is 1370. The normalized spacial score (nSPS) is 17.6. The second-order valence-corrected chi connectivity index (χ2v) is 10.3. The number of allylic oxidation sites excluding steroid dienone is 5.